The van der Waals surface area contributed by atoms with Crippen LogP contribution in [-0.2, 0) is 0 Å². The molecule has 0 heterocycles. The van der Waals surface area contributed by atoms with Crippen LogP contribution in [0.15, 0.2) is 26.2 Å². The average Bonchev–Trinajstić information content (AvgIpc) is 2.13. The fraction of sp³-hybridized carbons (Fsp3) is 0.500. The lowest BCUT2D eigenvalue weighted by Crippen LogP contribution is -2.02. The second-order valence-electron chi connectivity index (χ2n) is 2.60. The first kappa shape index (κ1) is 11.8. The lowest BCUT2D eigenvalue weighted by atomic mass is 10.1. The van der Waals surface area contributed by atoms with Crippen molar-refractivity contribution in [3.05, 3.63) is 11.3 Å². The Morgan fingerprint density at radius 2 is 2.00 bits per heavy atom. The fourth-order valence-electron chi connectivity index (χ4n) is 0.985. The maximum atomic E-state index is 4.29. The van der Waals surface area contributed by atoms with E-state index < -0.39 is 0 Å². The molecule has 0 aliphatic rings. The van der Waals surface area contributed by atoms with Crippen molar-refractivity contribution in [1.82, 2.24) is 0 Å². The van der Waals surface area contributed by atoms with E-state index in [1.807, 2.05) is 20.8 Å². The molecule has 0 aromatic carbocycles. The number of rotatable bonds is 4. The Kier molecular flexibility index (Phi) is 5.68. The minimum atomic E-state index is 0.775. The molecule has 0 bridgehead atoms. The minimum Gasteiger partial charge on any atom is -0.296 e. The zero-order chi connectivity index (χ0) is 10.3. The molecular weight excluding hydrogens is 162 g/mol. The largest absolute Gasteiger partial charge is 0.296 e. The van der Waals surface area contributed by atoms with Crippen molar-refractivity contribution in [2.45, 2.75) is 20.8 Å². The molecule has 0 spiro atoms. The molecule has 0 aliphatic carbocycles. The van der Waals surface area contributed by atoms with Crippen LogP contribution in [0.25, 0.3) is 0 Å². The van der Waals surface area contributed by atoms with Gasteiger partial charge in [-0.3, -0.25) is 15.0 Å². The Balaban J connectivity index is 5.03. The highest BCUT2D eigenvalue weighted by atomic mass is 14.8. The average molecular weight is 179 g/mol. The Morgan fingerprint density at radius 3 is 2.38 bits per heavy atom. The van der Waals surface area contributed by atoms with Gasteiger partial charge in [0.25, 0.3) is 0 Å². The maximum absolute atomic E-state index is 4.29. The van der Waals surface area contributed by atoms with Gasteiger partial charge in [-0.25, -0.2) is 0 Å². The first-order valence-corrected chi connectivity index (χ1v) is 4.28. The van der Waals surface area contributed by atoms with E-state index in [1.165, 1.54) is 0 Å². The molecular formula is C10H17N3. The fourth-order valence-corrected chi connectivity index (χ4v) is 0.985. The molecule has 0 saturated carbocycles. The molecule has 0 radical (unpaired) electrons. The van der Waals surface area contributed by atoms with Gasteiger partial charge < -0.3 is 0 Å². The third kappa shape index (κ3) is 3.78. The third-order valence-corrected chi connectivity index (χ3v) is 1.67. The summed E-state index contributed by atoms with van der Waals surface area (Å²) in [4.78, 5) is 12.1. The Morgan fingerprint density at radius 1 is 1.38 bits per heavy atom. The van der Waals surface area contributed by atoms with Crippen molar-refractivity contribution >= 4 is 18.6 Å². The molecule has 0 atom stereocenters. The molecule has 0 aliphatic heterocycles. The molecule has 72 valence electrons. The quantitative estimate of drug-likeness (QED) is 0.593. The second-order valence-corrected chi connectivity index (χ2v) is 2.60. The van der Waals surface area contributed by atoms with E-state index in [4.69, 9.17) is 0 Å². The van der Waals surface area contributed by atoms with Gasteiger partial charge in [0.15, 0.2) is 0 Å². The van der Waals surface area contributed by atoms with Crippen molar-refractivity contribution in [2.75, 3.05) is 13.6 Å². The monoisotopic (exact) mass is 179 g/mol. The zero-order valence-corrected chi connectivity index (χ0v) is 8.83. The molecule has 3 heteroatoms. The van der Waals surface area contributed by atoms with Gasteiger partial charge in [0, 0.05) is 36.8 Å². The lowest BCUT2D eigenvalue weighted by Gasteiger charge is -2.02. The molecule has 13 heavy (non-hydrogen) atoms. The Labute approximate surface area is 80.0 Å². The van der Waals surface area contributed by atoms with Gasteiger partial charge in [0.2, 0.25) is 0 Å². The van der Waals surface area contributed by atoms with Crippen molar-refractivity contribution < 1.29 is 0 Å². The summed E-state index contributed by atoms with van der Waals surface area (Å²) in [6, 6.07) is 0. The highest BCUT2D eigenvalue weighted by molar-refractivity contribution is 6.15. The third-order valence-electron chi connectivity index (χ3n) is 1.67. The minimum absolute atomic E-state index is 0.775. The van der Waals surface area contributed by atoms with E-state index in [-0.39, 0.29) is 0 Å². The van der Waals surface area contributed by atoms with Gasteiger partial charge in [-0.1, -0.05) is 0 Å². The molecule has 0 saturated heterocycles. The summed E-state index contributed by atoms with van der Waals surface area (Å²) in [6.45, 7) is 10.1. The predicted octanol–water partition coefficient (Wildman–Crippen LogP) is 2.14. The van der Waals surface area contributed by atoms with Crippen molar-refractivity contribution in [3.8, 4) is 0 Å². The molecule has 0 N–H and O–H groups in total. The lowest BCUT2D eigenvalue weighted by molar-refractivity contribution is 1.12. The summed E-state index contributed by atoms with van der Waals surface area (Å²) >= 11 is 0. The summed E-state index contributed by atoms with van der Waals surface area (Å²) in [5.74, 6) is 0. The standard InChI is InChI=1S/C10H17N3/c1-6-13-9(3)10(7-11-4)8(2)12-5/h7H,5-6H2,1-4H3/b10-8-,11-7-,13-9-. The highest BCUT2D eigenvalue weighted by Crippen LogP contribution is 2.05. The van der Waals surface area contributed by atoms with Crippen LogP contribution < -0.4 is 0 Å². The maximum Gasteiger partial charge on any atom is 0.0471 e. The van der Waals surface area contributed by atoms with E-state index >= 15 is 0 Å². The van der Waals surface area contributed by atoms with E-state index in [0.29, 0.717) is 0 Å². The van der Waals surface area contributed by atoms with Crippen LogP contribution in [0.3, 0.4) is 0 Å². The number of hydrogen-bond donors (Lipinski definition) is 0. The van der Waals surface area contributed by atoms with Crippen LogP contribution in [0, 0.1) is 0 Å². The van der Waals surface area contributed by atoms with Crippen LogP contribution in [0.4, 0.5) is 0 Å². The zero-order valence-electron chi connectivity index (χ0n) is 8.83. The van der Waals surface area contributed by atoms with E-state index in [9.17, 15) is 0 Å². The molecule has 0 aromatic heterocycles. The van der Waals surface area contributed by atoms with Crippen LogP contribution in [0.2, 0.25) is 0 Å². The number of hydrogen-bond acceptors (Lipinski definition) is 3. The van der Waals surface area contributed by atoms with Crippen LogP contribution >= 0.6 is 0 Å². The van der Waals surface area contributed by atoms with Crippen molar-refractivity contribution in [2.24, 2.45) is 15.0 Å². The van der Waals surface area contributed by atoms with Crippen LogP contribution in [0.1, 0.15) is 20.8 Å². The Hall–Kier alpha value is -1.25. The second kappa shape index (κ2) is 6.29. The molecule has 0 fully saturated rings. The van der Waals surface area contributed by atoms with Crippen LogP contribution in [-0.4, -0.2) is 32.2 Å². The molecule has 3 nitrogen and oxygen atoms in total. The first-order chi connectivity index (χ1) is 6.17. The first-order valence-electron chi connectivity index (χ1n) is 4.28. The normalized spacial score (nSPS) is 14.6. The van der Waals surface area contributed by atoms with Gasteiger partial charge in [-0.15, -0.1) is 0 Å². The number of allylic oxidation sites excluding steroid dienone is 2. The summed E-state index contributed by atoms with van der Waals surface area (Å²) in [7, 11) is 1.73. The molecule has 0 aromatic rings. The van der Waals surface area contributed by atoms with Crippen molar-refractivity contribution in [1.29, 1.82) is 0 Å². The van der Waals surface area contributed by atoms with Crippen LogP contribution in [0.5, 0.6) is 0 Å². The van der Waals surface area contributed by atoms with Gasteiger partial charge >= 0.3 is 0 Å². The van der Waals surface area contributed by atoms with Gasteiger partial charge in [-0.05, 0) is 27.5 Å². The highest BCUT2D eigenvalue weighted by Gasteiger charge is 2.01. The van der Waals surface area contributed by atoms with Crippen molar-refractivity contribution in [3.63, 3.8) is 0 Å². The summed E-state index contributed by atoms with van der Waals surface area (Å²) < 4.78 is 0. The van der Waals surface area contributed by atoms with E-state index in [0.717, 1.165) is 23.5 Å². The Bertz CT molecular complexity index is 259. The number of nitrogens with zero attached hydrogens (tertiary/aromatic N) is 3. The SMILES string of the molecule is C=N/C(C)=C(/C=N\C)C(\C)=N/CC. The molecule has 0 amide bonds. The topological polar surface area (TPSA) is 37.1 Å². The van der Waals surface area contributed by atoms with E-state index in [2.05, 4.69) is 21.7 Å². The van der Waals surface area contributed by atoms with E-state index in [1.54, 1.807) is 13.3 Å². The summed E-state index contributed by atoms with van der Waals surface area (Å²) in [5, 5.41) is 0. The molecule has 0 rings (SSSR count). The molecule has 0 unspecified atom stereocenters. The van der Waals surface area contributed by atoms with Gasteiger partial charge in [0.05, 0.1) is 0 Å². The summed E-state index contributed by atoms with van der Waals surface area (Å²) in [5.41, 5.74) is 2.78. The number of aliphatic imine (C=N–C) groups is 3. The predicted molar refractivity (Wildman–Crippen MR) is 60.3 cm³/mol. The van der Waals surface area contributed by atoms with Gasteiger partial charge in [-0.2, -0.15) is 0 Å². The smallest absolute Gasteiger partial charge is 0.0471 e. The summed E-state index contributed by atoms with van der Waals surface area (Å²) in [6.07, 6.45) is 1.76. The van der Waals surface area contributed by atoms with Gasteiger partial charge in [0.1, 0.15) is 0 Å².